The molecule has 3 N–H and O–H groups in total. The average Bonchev–Trinajstić information content (AvgIpc) is 2.38. The molecule has 1 heterocycles. The fourth-order valence-corrected chi connectivity index (χ4v) is 2.86. The van der Waals surface area contributed by atoms with E-state index < -0.39 is 0 Å². The quantitative estimate of drug-likeness (QED) is 0.647. The van der Waals surface area contributed by atoms with Gasteiger partial charge in [-0.3, -0.25) is 15.7 Å². The number of nitrogens with zero attached hydrogens (tertiary/aromatic N) is 2. The van der Waals surface area contributed by atoms with E-state index in [0.717, 1.165) is 17.9 Å². The minimum Gasteiger partial charge on any atom is -0.324 e. The second kappa shape index (κ2) is 5.88. The number of nitrogens with one attached hydrogen (secondary N) is 1. The second-order valence-corrected chi connectivity index (χ2v) is 6.49. The molecular formula is C15H26N4. The summed E-state index contributed by atoms with van der Waals surface area (Å²) in [5, 5.41) is 0. The van der Waals surface area contributed by atoms with Crippen molar-refractivity contribution in [3.8, 4) is 0 Å². The normalized spacial score (nSPS) is 19.6. The van der Waals surface area contributed by atoms with Gasteiger partial charge < -0.3 is 5.43 Å². The van der Waals surface area contributed by atoms with E-state index in [1.807, 2.05) is 18.3 Å². The minimum atomic E-state index is 0.527. The molecule has 0 aromatic carbocycles. The van der Waals surface area contributed by atoms with Crippen LogP contribution in [0.2, 0.25) is 0 Å². The molecule has 4 heteroatoms. The van der Waals surface area contributed by atoms with Gasteiger partial charge in [0.05, 0.1) is 11.4 Å². The van der Waals surface area contributed by atoms with Crippen LogP contribution >= 0.6 is 0 Å². The second-order valence-electron chi connectivity index (χ2n) is 6.49. The Morgan fingerprint density at radius 2 is 2.11 bits per heavy atom. The molecule has 2 rings (SSSR count). The van der Waals surface area contributed by atoms with Gasteiger partial charge in [0.1, 0.15) is 0 Å². The van der Waals surface area contributed by atoms with Crippen LogP contribution in [0.25, 0.3) is 0 Å². The Labute approximate surface area is 116 Å². The highest BCUT2D eigenvalue weighted by molar-refractivity contribution is 5.41. The molecule has 1 aromatic heterocycles. The molecule has 1 saturated carbocycles. The van der Waals surface area contributed by atoms with E-state index in [1.165, 1.54) is 25.7 Å². The molecule has 19 heavy (non-hydrogen) atoms. The molecule has 0 amide bonds. The van der Waals surface area contributed by atoms with Gasteiger partial charge in [-0.1, -0.05) is 13.8 Å². The summed E-state index contributed by atoms with van der Waals surface area (Å²) in [4.78, 5) is 6.84. The van der Waals surface area contributed by atoms with Crippen LogP contribution < -0.4 is 11.3 Å². The average molecular weight is 262 g/mol. The third kappa shape index (κ3) is 3.91. The topological polar surface area (TPSA) is 54.2 Å². The van der Waals surface area contributed by atoms with Gasteiger partial charge in [-0.2, -0.15) is 0 Å². The predicted molar refractivity (Wildman–Crippen MR) is 79.6 cm³/mol. The third-order valence-electron chi connectivity index (χ3n) is 4.33. The van der Waals surface area contributed by atoms with E-state index in [4.69, 9.17) is 5.84 Å². The zero-order valence-electron chi connectivity index (χ0n) is 12.3. The van der Waals surface area contributed by atoms with Gasteiger partial charge in [-0.15, -0.1) is 0 Å². The predicted octanol–water partition coefficient (Wildman–Crippen LogP) is 2.77. The Morgan fingerprint density at radius 1 is 1.42 bits per heavy atom. The van der Waals surface area contributed by atoms with E-state index >= 15 is 0 Å². The first-order chi connectivity index (χ1) is 9.00. The van der Waals surface area contributed by atoms with E-state index in [9.17, 15) is 0 Å². The third-order valence-corrected chi connectivity index (χ3v) is 4.33. The summed E-state index contributed by atoms with van der Waals surface area (Å²) in [7, 11) is 2.20. The van der Waals surface area contributed by atoms with Gasteiger partial charge in [0.15, 0.2) is 0 Å². The lowest BCUT2D eigenvalue weighted by atomic mass is 9.75. The first kappa shape index (κ1) is 14.3. The monoisotopic (exact) mass is 262 g/mol. The molecule has 1 fully saturated rings. The maximum Gasteiger partial charge on any atom is 0.0564 e. The van der Waals surface area contributed by atoms with Crippen molar-refractivity contribution < 1.29 is 0 Å². The first-order valence-electron chi connectivity index (χ1n) is 7.12. The molecule has 0 atom stereocenters. The number of anilines is 1. The Hall–Kier alpha value is -1.13. The Balaban J connectivity index is 1.92. The molecule has 1 aromatic rings. The van der Waals surface area contributed by atoms with Crippen LogP contribution in [0.4, 0.5) is 5.69 Å². The number of aromatic nitrogens is 1. The molecule has 106 valence electrons. The lowest BCUT2D eigenvalue weighted by molar-refractivity contribution is 0.122. The minimum absolute atomic E-state index is 0.527. The molecular weight excluding hydrogens is 236 g/mol. The van der Waals surface area contributed by atoms with E-state index in [1.54, 1.807) is 0 Å². The van der Waals surface area contributed by atoms with Crippen molar-refractivity contribution >= 4 is 5.69 Å². The highest BCUT2D eigenvalue weighted by Gasteiger charge is 2.28. The fraction of sp³-hybridized carbons (Fsp3) is 0.667. The number of rotatable bonds is 4. The van der Waals surface area contributed by atoms with Crippen LogP contribution in [0.5, 0.6) is 0 Å². The van der Waals surface area contributed by atoms with Crippen molar-refractivity contribution in [1.29, 1.82) is 0 Å². The lowest BCUT2D eigenvalue weighted by Gasteiger charge is -2.38. The zero-order chi connectivity index (χ0) is 13.9. The fourth-order valence-electron chi connectivity index (χ4n) is 2.86. The van der Waals surface area contributed by atoms with Crippen LogP contribution in [0.1, 0.15) is 45.2 Å². The Morgan fingerprint density at radius 3 is 2.74 bits per heavy atom. The van der Waals surface area contributed by atoms with Crippen molar-refractivity contribution in [2.45, 2.75) is 52.1 Å². The zero-order valence-corrected chi connectivity index (χ0v) is 12.3. The number of nitrogen functional groups attached to an aromatic ring is 1. The van der Waals surface area contributed by atoms with E-state index in [-0.39, 0.29) is 0 Å². The smallest absolute Gasteiger partial charge is 0.0564 e. The standard InChI is InChI=1S/C15H26N4/c1-15(2)7-4-14(5-8-15)19(3)11-13-10-12(18-16)6-9-17-13/h6,9-10,14H,4-5,7-8,11,16H2,1-3H3,(H,17,18). The molecule has 1 aliphatic carbocycles. The van der Waals surface area contributed by atoms with E-state index in [0.29, 0.717) is 11.5 Å². The van der Waals surface area contributed by atoms with Gasteiger partial charge in [0.2, 0.25) is 0 Å². The number of hydrogen-bond donors (Lipinski definition) is 2. The molecule has 0 saturated heterocycles. The lowest BCUT2D eigenvalue weighted by Crippen LogP contribution is -2.36. The molecule has 4 nitrogen and oxygen atoms in total. The summed E-state index contributed by atoms with van der Waals surface area (Å²) in [5.41, 5.74) is 5.19. The maximum atomic E-state index is 5.43. The summed E-state index contributed by atoms with van der Waals surface area (Å²) >= 11 is 0. The first-order valence-corrected chi connectivity index (χ1v) is 7.12. The Bertz CT molecular complexity index is 406. The summed E-state index contributed by atoms with van der Waals surface area (Å²) in [5.74, 6) is 5.43. The van der Waals surface area contributed by atoms with Gasteiger partial charge in [0.25, 0.3) is 0 Å². The van der Waals surface area contributed by atoms with Gasteiger partial charge >= 0.3 is 0 Å². The molecule has 1 aliphatic rings. The summed E-state index contributed by atoms with van der Waals surface area (Å²) in [6.45, 7) is 5.64. The van der Waals surface area contributed by atoms with Crippen LogP contribution in [-0.4, -0.2) is 23.0 Å². The van der Waals surface area contributed by atoms with Gasteiger partial charge in [0, 0.05) is 18.8 Å². The van der Waals surface area contributed by atoms with Crippen molar-refractivity contribution in [3.63, 3.8) is 0 Å². The SMILES string of the molecule is CN(Cc1cc(NN)ccn1)C1CCC(C)(C)CC1. The van der Waals surface area contributed by atoms with Gasteiger partial charge in [-0.05, 0) is 50.3 Å². The summed E-state index contributed by atoms with van der Waals surface area (Å²) in [6, 6.07) is 4.58. The number of nitrogens with two attached hydrogens (primary N) is 1. The molecule has 0 radical (unpaired) electrons. The highest BCUT2D eigenvalue weighted by atomic mass is 15.2. The number of hydrogen-bond acceptors (Lipinski definition) is 4. The highest BCUT2D eigenvalue weighted by Crippen LogP contribution is 2.36. The van der Waals surface area contributed by atoms with Crippen LogP contribution in [0.15, 0.2) is 18.3 Å². The molecule has 0 unspecified atom stereocenters. The van der Waals surface area contributed by atoms with Crippen LogP contribution in [0.3, 0.4) is 0 Å². The van der Waals surface area contributed by atoms with E-state index in [2.05, 4.69) is 36.2 Å². The van der Waals surface area contributed by atoms with Crippen LogP contribution in [0, 0.1) is 5.41 Å². The largest absolute Gasteiger partial charge is 0.324 e. The van der Waals surface area contributed by atoms with Crippen molar-refractivity contribution in [1.82, 2.24) is 9.88 Å². The molecule has 0 spiro atoms. The van der Waals surface area contributed by atoms with Crippen LogP contribution in [-0.2, 0) is 6.54 Å². The van der Waals surface area contributed by atoms with Gasteiger partial charge in [-0.25, -0.2) is 0 Å². The van der Waals surface area contributed by atoms with Crippen molar-refractivity contribution in [2.75, 3.05) is 12.5 Å². The number of hydrazine groups is 1. The molecule has 0 aliphatic heterocycles. The number of pyridine rings is 1. The maximum absolute atomic E-state index is 5.43. The summed E-state index contributed by atoms with van der Waals surface area (Å²) in [6.07, 6.45) is 7.03. The summed E-state index contributed by atoms with van der Waals surface area (Å²) < 4.78 is 0. The molecule has 0 bridgehead atoms. The van der Waals surface area contributed by atoms with Crippen molar-refractivity contribution in [3.05, 3.63) is 24.0 Å². The van der Waals surface area contributed by atoms with Crippen molar-refractivity contribution in [2.24, 2.45) is 11.3 Å². The Kier molecular flexibility index (Phi) is 4.42.